The summed E-state index contributed by atoms with van der Waals surface area (Å²) in [6.45, 7) is 15.3. The fourth-order valence-corrected chi connectivity index (χ4v) is 4.64. The summed E-state index contributed by atoms with van der Waals surface area (Å²) in [7, 11) is 0. The van der Waals surface area contributed by atoms with Gasteiger partial charge in [-0.05, 0) is 48.6 Å². The van der Waals surface area contributed by atoms with Gasteiger partial charge in [0.25, 0.3) is 0 Å². The summed E-state index contributed by atoms with van der Waals surface area (Å²) in [4.78, 5) is 12.1. The molecule has 0 unspecified atom stereocenters. The van der Waals surface area contributed by atoms with Crippen LogP contribution < -0.4 is 5.32 Å². The van der Waals surface area contributed by atoms with Crippen LogP contribution in [0.25, 0.3) is 9.69 Å². The van der Waals surface area contributed by atoms with E-state index < -0.39 is 0 Å². The molecule has 1 aliphatic carbocycles. The minimum atomic E-state index is 0.00272. The molecule has 140 valence electrons. The Morgan fingerprint density at radius 2 is 1.79 bits per heavy atom. The minimum absolute atomic E-state index is 0.00272. The second-order valence-corrected chi connectivity index (χ2v) is 8.10. The first-order valence-electron chi connectivity index (χ1n) is 9.62. The van der Waals surface area contributed by atoms with Gasteiger partial charge in [0.1, 0.15) is 5.84 Å². The van der Waals surface area contributed by atoms with Gasteiger partial charge in [-0.15, -0.1) is 0 Å². The molecule has 1 spiro atoms. The van der Waals surface area contributed by atoms with Crippen LogP contribution in [0, 0.1) is 18.6 Å². The lowest BCUT2D eigenvalue weighted by molar-refractivity contribution is 0.278. The minimum Gasteiger partial charge on any atom is -0.345 e. The maximum Gasteiger partial charge on any atom is 0.196 e. The number of fused-ring (bicyclic) bond motifs is 1. The van der Waals surface area contributed by atoms with Crippen molar-refractivity contribution in [2.45, 2.75) is 45.1 Å². The topological polar surface area (TPSA) is 33.1 Å². The van der Waals surface area contributed by atoms with Gasteiger partial charge in [0.2, 0.25) is 0 Å². The van der Waals surface area contributed by atoms with Gasteiger partial charge in [0, 0.05) is 16.1 Å². The Hall–Kier alpha value is -2.82. The van der Waals surface area contributed by atoms with Crippen molar-refractivity contribution in [1.29, 1.82) is 0 Å². The summed E-state index contributed by atoms with van der Waals surface area (Å²) in [5.74, 6) is 1.02. The molecule has 28 heavy (non-hydrogen) atoms. The molecule has 0 radical (unpaired) electrons. The van der Waals surface area contributed by atoms with Gasteiger partial charge in [-0.3, -0.25) is 14.7 Å². The van der Waals surface area contributed by atoms with E-state index in [-0.39, 0.29) is 5.41 Å². The third kappa shape index (κ3) is 3.49. The standard InChI is InChI=1S/C23H21ClN4/c1-25-20-12-17-14-23(9-4-3-5-10-23)22(28-19(17)13-21(20)26-2)27-15-16-7-6-8-18(24)11-16/h6-8,11-13H,3-5,9-10,14-15H2,(H,27,28). The van der Waals surface area contributed by atoms with Crippen LogP contribution in [-0.2, 0) is 13.0 Å². The number of nitrogens with one attached hydrogen (secondary N) is 1. The molecule has 1 heterocycles. The predicted molar refractivity (Wildman–Crippen MR) is 114 cm³/mol. The first kappa shape index (κ1) is 18.5. The molecule has 2 aromatic carbocycles. The predicted octanol–water partition coefficient (Wildman–Crippen LogP) is 6.96. The molecule has 1 aliphatic heterocycles. The molecule has 0 atom stereocenters. The molecule has 4 nitrogen and oxygen atoms in total. The summed E-state index contributed by atoms with van der Waals surface area (Å²) in [5, 5.41) is 4.26. The zero-order valence-electron chi connectivity index (χ0n) is 15.6. The summed E-state index contributed by atoms with van der Waals surface area (Å²) < 4.78 is 0. The van der Waals surface area contributed by atoms with Gasteiger partial charge in [0.15, 0.2) is 11.4 Å². The van der Waals surface area contributed by atoms with Gasteiger partial charge >= 0.3 is 0 Å². The molecular weight excluding hydrogens is 368 g/mol. The van der Waals surface area contributed by atoms with Crippen molar-refractivity contribution in [2.75, 3.05) is 5.32 Å². The lowest BCUT2D eigenvalue weighted by Gasteiger charge is -2.43. The Morgan fingerprint density at radius 1 is 1.04 bits per heavy atom. The Balaban J connectivity index is 1.73. The maximum atomic E-state index is 7.39. The number of amidine groups is 1. The monoisotopic (exact) mass is 388 g/mol. The molecule has 5 heteroatoms. The maximum absolute atomic E-state index is 7.39. The number of benzene rings is 2. The van der Waals surface area contributed by atoms with Crippen molar-refractivity contribution in [3.05, 3.63) is 75.4 Å². The van der Waals surface area contributed by atoms with Crippen LogP contribution in [0.4, 0.5) is 17.1 Å². The summed E-state index contributed by atoms with van der Waals surface area (Å²) >= 11 is 6.12. The lowest BCUT2D eigenvalue weighted by atomic mass is 9.67. The first-order chi connectivity index (χ1) is 13.6. The van der Waals surface area contributed by atoms with E-state index in [0.29, 0.717) is 17.9 Å². The number of nitrogens with zero attached hydrogens (tertiary/aromatic N) is 3. The number of hydrogen-bond donors (Lipinski definition) is 1. The molecule has 0 bridgehead atoms. The molecule has 0 saturated heterocycles. The molecule has 4 rings (SSSR count). The van der Waals surface area contributed by atoms with E-state index in [2.05, 4.69) is 15.0 Å². The van der Waals surface area contributed by atoms with E-state index in [9.17, 15) is 0 Å². The summed E-state index contributed by atoms with van der Waals surface area (Å²) in [6, 6.07) is 11.5. The zero-order chi connectivity index (χ0) is 19.6. The highest BCUT2D eigenvalue weighted by atomic mass is 35.5. The first-order valence-corrected chi connectivity index (χ1v) is 10.00. The molecule has 1 saturated carbocycles. The second-order valence-electron chi connectivity index (χ2n) is 7.66. The van der Waals surface area contributed by atoms with Gasteiger partial charge in [0.05, 0.1) is 19.7 Å². The Morgan fingerprint density at radius 3 is 2.50 bits per heavy atom. The molecule has 2 aliphatic rings. The number of anilines is 1. The van der Waals surface area contributed by atoms with E-state index in [4.69, 9.17) is 29.7 Å². The van der Waals surface area contributed by atoms with Crippen molar-refractivity contribution >= 4 is 34.5 Å². The Bertz CT molecular complexity index is 1020. The van der Waals surface area contributed by atoms with E-state index in [1.807, 2.05) is 30.3 Å². The van der Waals surface area contributed by atoms with Crippen molar-refractivity contribution in [3.63, 3.8) is 0 Å². The van der Waals surface area contributed by atoms with Crippen LogP contribution in [0.5, 0.6) is 0 Å². The van der Waals surface area contributed by atoms with Crippen LogP contribution in [0.3, 0.4) is 0 Å². The van der Waals surface area contributed by atoms with Gasteiger partial charge in [-0.1, -0.05) is 49.1 Å². The number of halogens is 1. The van der Waals surface area contributed by atoms with Crippen molar-refractivity contribution < 1.29 is 0 Å². The average molecular weight is 389 g/mol. The lowest BCUT2D eigenvalue weighted by Crippen LogP contribution is -2.43. The molecule has 0 aromatic heterocycles. The highest BCUT2D eigenvalue weighted by Gasteiger charge is 2.41. The van der Waals surface area contributed by atoms with Crippen LogP contribution in [-0.4, -0.2) is 5.84 Å². The fourth-order valence-electron chi connectivity index (χ4n) is 4.43. The van der Waals surface area contributed by atoms with Crippen molar-refractivity contribution in [3.8, 4) is 0 Å². The van der Waals surface area contributed by atoms with Crippen LogP contribution in [0.1, 0.15) is 43.2 Å². The normalized spacial score (nSPS) is 18.8. The zero-order valence-corrected chi connectivity index (χ0v) is 16.4. The average Bonchev–Trinajstić information content (AvgIpc) is 2.72. The van der Waals surface area contributed by atoms with E-state index in [1.54, 1.807) is 6.07 Å². The SMILES string of the molecule is [C-]#[N+]c1cc2c(cc1[N+]#[C-])NC(=NCc1cccc(Cl)c1)C1(CCCCC1)C2. The summed E-state index contributed by atoms with van der Waals surface area (Å²) in [6.07, 6.45) is 6.74. The fraction of sp³-hybridized carbons (Fsp3) is 0.348. The van der Waals surface area contributed by atoms with Gasteiger partial charge in [-0.25, -0.2) is 0 Å². The molecule has 1 fully saturated rings. The van der Waals surface area contributed by atoms with E-state index in [0.717, 1.165) is 46.9 Å². The third-order valence-electron chi connectivity index (χ3n) is 5.84. The van der Waals surface area contributed by atoms with Crippen LogP contribution >= 0.6 is 11.6 Å². The highest BCUT2D eigenvalue weighted by molar-refractivity contribution is 6.30. The largest absolute Gasteiger partial charge is 0.345 e. The van der Waals surface area contributed by atoms with Crippen molar-refractivity contribution in [2.24, 2.45) is 10.4 Å². The quantitative estimate of drug-likeness (QED) is 0.554. The third-order valence-corrected chi connectivity index (χ3v) is 6.08. The highest BCUT2D eigenvalue weighted by Crippen LogP contribution is 2.47. The molecule has 2 aromatic rings. The number of rotatable bonds is 2. The smallest absolute Gasteiger partial charge is 0.196 e. The van der Waals surface area contributed by atoms with Crippen LogP contribution in [0.15, 0.2) is 41.4 Å². The second kappa shape index (κ2) is 7.66. The molecule has 0 amide bonds. The summed E-state index contributed by atoms with van der Waals surface area (Å²) in [5.41, 5.74) is 3.98. The molecular formula is C23H21ClN4. The van der Waals surface area contributed by atoms with Gasteiger partial charge in [-0.2, -0.15) is 0 Å². The van der Waals surface area contributed by atoms with Crippen LogP contribution in [0.2, 0.25) is 5.02 Å². The number of hydrogen-bond acceptors (Lipinski definition) is 1. The van der Waals surface area contributed by atoms with E-state index >= 15 is 0 Å². The van der Waals surface area contributed by atoms with Gasteiger partial charge < -0.3 is 5.32 Å². The molecule has 1 N–H and O–H groups in total. The van der Waals surface area contributed by atoms with E-state index in [1.165, 1.54) is 19.3 Å². The Kier molecular flexibility index (Phi) is 5.07. The Labute approximate surface area is 170 Å². The van der Waals surface area contributed by atoms with Crippen molar-refractivity contribution in [1.82, 2.24) is 0 Å². The number of aliphatic imine (C=N–C) groups is 1.